The van der Waals surface area contributed by atoms with Crippen LogP contribution in [0.4, 0.5) is 0 Å². The molecule has 3 saturated carbocycles. The Bertz CT molecular complexity index is 769. The summed E-state index contributed by atoms with van der Waals surface area (Å²) in [6, 6.07) is 0. The molecule has 27 heavy (non-hydrogen) atoms. The molecule has 4 fully saturated rings. The topological polar surface area (TPSA) is 72.8 Å². The minimum atomic E-state index is -0.993. The molecule has 1 heterocycles. The van der Waals surface area contributed by atoms with Crippen LogP contribution in [0.15, 0.2) is 23.8 Å². The predicted octanol–water partition coefficient (Wildman–Crippen LogP) is 2.58. The second-order valence-corrected chi connectivity index (χ2v) is 9.53. The number of carbonyl (C=O) groups is 2. The SMILES string of the molecule is CC12C=CC(=O)C=C1CCC1C2CCC2(C)C1CC1OCOC12C(=O)CO. The van der Waals surface area contributed by atoms with E-state index in [4.69, 9.17) is 9.47 Å². The van der Waals surface area contributed by atoms with Crippen LogP contribution in [0.2, 0.25) is 0 Å². The van der Waals surface area contributed by atoms with E-state index >= 15 is 0 Å². The molecule has 4 aliphatic carbocycles. The first-order chi connectivity index (χ1) is 12.9. The average molecular weight is 372 g/mol. The number of Topliss-reactive ketones (excluding diaryl/α,β-unsaturated/α-hetero) is 1. The van der Waals surface area contributed by atoms with Crippen LogP contribution >= 0.6 is 0 Å². The van der Waals surface area contributed by atoms with E-state index in [9.17, 15) is 14.7 Å². The Balaban J connectivity index is 1.54. The zero-order valence-corrected chi connectivity index (χ0v) is 16.1. The van der Waals surface area contributed by atoms with Crippen molar-refractivity contribution < 1.29 is 24.2 Å². The van der Waals surface area contributed by atoms with Crippen LogP contribution in [0, 0.1) is 28.6 Å². The molecule has 5 heteroatoms. The van der Waals surface area contributed by atoms with Crippen molar-refractivity contribution in [1.82, 2.24) is 0 Å². The van der Waals surface area contributed by atoms with Gasteiger partial charge in [0.15, 0.2) is 17.2 Å². The van der Waals surface area contributed by atoms with E-state index in [-0.39, 0.29) is 35.3 Å². The normalized spacial score (nSPS) is 50.5. The van der Waals surface area contributed by atoms with E-state index in [1.165, 1.54) is 5.57 Å². The van der Waals surface area contributed by atoms with Crippen LogP contribution in [-0.2, 0) is 19.1 Å². The Hall–Kier alpha value is -1.30. The van der Waals surface area contributed by atoms with Gasteiger partial charge in [0.2, 0.25) is 0 Å². The highest BCUT2D eigenvalue weighted by Crippen LogP contribution is 2.69. The molecule has 0 aromatic rings. The molecule has 5 nitrogen and oxygen atoms in total. The van der Waals surface area contributed by atoms with Crippen molar-refractivity contribution >= 4 is 11.6 Å². The molecule has 5 aliphatic rings. The summed E-state index contributed by atoms with van der Waals surface area (Å²) in [6.45, 7) is 4.11. The van der Waals surface area contributed by atoms with E-state index in [0.717, 1.165) is 32.1 Å². The van der Waals surface area contributed by atoms with Gasteiger partial charge in [0.05, 0.1) is 6.10 Å². The Morgan fingerprint density at radius 1 is 1.30 bits per heavy atom. The highest BCUT2D eigenvalue weighted by molar-refractivity contribution is 6.01. The Labute approximate surface area is 159 Å². The number of rotatable bonds is 2. The van der Waals surface area contributed by atoms with Crippen molar-refractivity contribution in [2.24, 2.45) is 28.6 Å². The van der Waals surface area contributed by atoms with Crippen LogP contribution < -0.4 is 0 Å². The quantitative estimate of drug-likeness (QED) is 0.807. The third-order valence-electron chi connectivity index (χ3n) is 8.83. The number of hydrogen-bond donors (Lipinski definition) is 1. The Kier molecular flexibility index (Phi) is 3.70. The molecule has 0 radical (unpaired) electrons. The largest absolute Gasteiger partial charge is 0.388 e. The van der Waals surface area contributed by atoms with Gasteiger partial charge in [-0.15, -0.1) is 0 Å². The summed E-state index contributed by atoms with van der Waals surface area (Å²) >= 11 is 0. The van der Waals surface area contributed by atoms with Gasteiger partial charge in [-0.25, -0.2) is 0 Å². The minimum absolute atomic E-state index is 0.0638. The second-order valence-electron chi connectivity index (χ2n) is 9.53. The molecule has 7 atom stereocenters. The Morgan fingerprint density at radius 3 is 2.89 bits per heavy atom. The molecular weight excluding hydrogens is 344 g/mol. The van der Waals surface area contributed by atoms with Gasteiger partial charge in [0, 0.05) is 10.8 Å². The fourth-order valence-electron chi connectivity index (χ4n) is 7.53. The number of aliphatic hydroxyl groups is 1. The lowest BCUT2D eigenvalue weighted by atomic mass is 9.47. The maximum atomic E-state index is 12.9. The summed E-state index contributed by atoms with van der Waals surface area (Å²) < 4.78 is 11.9. The number of carbonyl (C=O) groups excluding carboxylic acids is 2. The number of aliphatic hydroxyl groups excluding tert-OH is 1. The third-order valence-corrected chi connectivity index (χ3v) is 8.83. The predicted molar refractivity (Wildman–Crippen MR) is 97.6 cm³/mol. The molecule has 1 aliphatic heterocycles. The van der Waals surface area contributed by atoms with Crippen LogP contribution in [0.25, 0.3) is 0 Å². The summed E-state index contributed by atoms with van der Waals surface area (Å²) in [5.41, 5.74) is -0.0916. The highest BCUT2D eigenvalue weighted by atomic mass is 16.7. The fraction of sp³-hybridized carbons (Fsp3) is 0.727. The van der Waals surface area contributed by atoms with Gasteiger partial charge in [-0.05, 0) is 62.0 Å². The summed E-state index contributed by atoms with van der Waals surface area (Å²) in [5.74, 6) is 1.16. The van der Waals surface area contributed by atoms with Crippen molar-refractivity contribution in [3.8, 4) is 0 Å². The monoisotopic (exact) mass is 372 g/mol. The zero-order valence-electron chi connectivity index (χ0n) is 16.1. The lowest BCUT2D eigenvalue weighted by molar-refractivity contribution is -0.169. The van der Waals surface area contributed by atoms with Gasteiger partial charge < -0.3 is 14.6 Å². The van der Waals surface area contributed by atoms with E-state index in [1.807, 2.05) is 6.08 Å². The first-order valence-corrected chi connectivity index (χ1v) is 10.2. The smallest absolute Gasteiger partial charge is 0.193 e. The first kappa shape index (κ1) is 17.8. The minimum Gasteiger partial charge on any atom is -0.388 e. The molecule has 0 aromatic carbocycles. The van der Waals surface area contributed by atoms with Gasteiger partial charge in [0.1, 0.15) is 13.4 Å². The third kappa shape index (κ3) is 2.00. The summed E-state index contributed by atoms with van der Waals surface area (Å²) in [6.07, 6.45) is 10.1. The number of hydrogen-bond acceptors (Lipinski definition) is 5. The van der Waals surface area contributed by atoms with Crippen LogP contribution in [0.1, 0.15) is 46.0 Å². The van der Waals surface area contributed by atoms with Crippen molar-refractivity contribution in [3.05, 3.63) is 23.8 Å². The molecule has 0 bridgehead atoms. The van der Waals surface area contributed by atoms with Crippen molar-refractivity contribution in [2.75, 3.05) is 13.4 Å². The van der Waals surface area contributed by atoms with E-state index in [1.54, 1.807) is 6.08 Å². The molecule has 5 rings (SSSR count). The average Bonchev–Trinajstić information content (AvgIpc) is 3.18. The van der Waals surface area contributed by atoms with Gasteiger partial charge in [-0.2, -0.15) is 0 Å². The summed E-state index contributed by atoms with van der Waals surface area (Å²) in [4.78, 5) is 24.7. The van der Waals surface area contributed by atoms with E-state index < -0.39 is 12.2 Å². The van der Waals surface area contributed by atoms with Crippen molar-refractivity contribution in [2.45, 2.75) is 57.7 Å². The van der Waals surface area contributed by atoms with Crippen molar-refractivity contribution in [3.63, 3.8) is 0 Å². The molecule has 0 spiro atoms. The number of allylic oxidation sites excluding steroid dienone is 4. The number of fused-ring (bicyclic) bond motifs is 7. The maximum Gasteiger partial charge on any atom is 0.193 e. The van der Waals surface area contributed by atoms with Gasteiger partial charge in [-0.1, -0.05) is 25.5 Å². The van der Waals surface area contributed by atoms with E-state index in [0.29, 0.717) is 17.8 Å². The van der Waals surface area contributed by atoms with Crippen LogP contribution in [0.5, 0.6) is 0 Å². The second kappa shape index (κ2) is 5.62. The summed E-state index contributed by atoms with van der Waals surface area (Å²) in [7, 11) is 0. The van der Waals surface area contributed by atoms with E-state index in [2.05, 4.69) is 19.9 Å². The van der Waals surface area contributed by atoms with Crippen molar-refractivity contribution in [1.29, 1.82) is 0 Å². The van der Waals surface area contributed by atoms with Gasteiger partial charge in [0.25, 0.3) is 0 Å². The molecule has 0 amide bonds. The van der Waals surface area contributed by atoms with Gasteiger partial charge >= 0.3 is 0 Å². The lowest BCUT2D eigenvalue weighted by Crippen LogP contribution is -2.60. The summed E-state index contributed by atoms with van der Waals surface area (Å²) in [5, 5.41) is 9.66. The zero-order chi connectivity index (χ0) is 19.0. The van der Waals surface area contributed by atoms with Crippen LogP contribution in [0.3, 0.4) is 0 Å². The standard InChI is InChI=1S/C22H28O5/c1-20-7-5-14(24)9-13(20)3-4-15-16(20)6-8-21(2)17(15)10-19-22(21,18(25)11-23)27-12-26-19/h5,7,9,15-17,19,23H,3-4,6,8,10-12H2,1-2H3. The molecule has 7 unspecified atom stereocenters. The molecular formula is C22H28O5. The van der Waals surface area contributed by atoms with Gasteiger partial charge in [-0.3, -0.25) is 9.59 Å². The lowest BCUT2D eigenvalue weighted by Gasteiger charge is -2.58. The number of ether oxygens (including phenoxy) is 2. The highest BCUT2D eigenvalue weighted by Gasteiger charge is 2.73. The molecule has 1 N–H and O–H groups in total. The Morgan fingerprint density at radius 2 is 2.11 bits per heavy atom. The van der Waals surface area contributed by atoms with Crippen LogP contribution in [-0.4, -0.2) is 41.8 Å². The maximum absolute atomic E-state index is 12.9. The number of ketones is 2. The first-order valence-electron chi connectivity index (χ1n) is 10.2. The molecule has 1 saturated heterocycles. The molecule has 146 valence electrons. The molecule has 0 aromatic heterocycles. The fourth-order valence-corrected chi connectivity index (χ4v) is 7.53.